The maximum Gasteiger partial charge on any atom is 0.251 e. The first-order valence-corrected chi connectivity index (χ1v) is 9.42. The van der Waals surface area contributed by atoms with Gasteiger partial charge in [-0.05, 0) is 47.6 Å². The second-order valence-corrected chi connectivity index (χ2v) is 8.37. The van der Waals surface area contributed by atoms with Crippen molar-refractivity contribution in [2.75, 3.05) is 0 Å². The standard InChI is InChI=1S/C23H26N2O/c1-23(2,3)16-10-8-15(9-11-16)22(26)24-17-12-13-19-18-6-4-5-7-20(18)25-21(19)14-17/h4-11,17,25H,12-14H2,1-3H3,(H,24,26). The molecule has 0 spiro atoms. The minimum atomic E-state index is 0.0232. The Balaban J connectivity index is 1.47. The lowest BCUT2D eigenvalue weighted by Gasteiger charge is -2.24. The van der Waals surface area contributed by atoms with Gasteiger partial charge in [0.05, 0.1) is 0 Å². The van der Waals surface area contributed by atoms with Gasteiger partial charge in [0.15, 0.2) is 0 Å². The number of fused-ring (bicyclic) bond motifs is 3. The van der Waals surface area contributed by atoms with Crippen LogP contribution in [-0.4, -0.2) is 16.9 Å². The lowest BCUT2D eigenvalue weighted by Crippen LogP contribution is -2.38. The summed E-state index contributed by atoms with van der Waals surface area (Å²) in [6, 6.07) is 16.6. The third-order valence-electron chi connectivity index (χ3n) is 5.44. The van der Waals surface area contributed by atoms with Crippen LogP contribution in [0.15, 0.2) is 48.5 Å². The molecular weight excluding hydrogens is 320 g/mol. The van der Waals surface area contributed by atoms with E-state index >= 15 is 0 Å². The van der Waals surface area contributed by atoms with Crippen LogP contribution in [0.25, 0.3) is 10.9 Å². The number of benzene rings is 2. The summed E-state index contributed by atoms with van der Waals surface area (Å²) >= 11 is 0. The monoisotopic (exact) mass is 346 g/mol. The highest BCUT2D eigenvalue weighted by Gasteiger charge is 2.24. The molecule has 3 nitrogen and oxygen atoms in total. The first kappa shape index (κ1) is 16.9. The van der Waals surface area contributed by atoms with Crippen molar-refractivity contribution in [1.82, 2.24) is 10.3 Å². The van der Waals surface area contributed by atoms with Crippen molar-refractivity contribution < 1.29 is 4.79 Å². The Hall–Kier alpha value is -2.55. The predicted octanol–water partition coefficient (Wildman–Crippen LogP) is 4.75. The summed E-state index contributed by atoms with van der Waals surface area (Å²) in [4.78, 5) is 16.2. The molecule has 0 radical (unpaired) electrons. The Morgan fingerprint density at radius 3 is 2.54 bits per heavy atom. The molecule has 4 rings (SSSR count). The van der Waals surface area contributed by atoms with Crippen molar-refractivity contribution in [3.8, 4) is 0 Å². The lowest BCUT2D eigenvalue weighted by atomic mass is 9.86. The van der Waals surface area contributed by atoms with Gasteiger partial charge in [0.1, 0.15) is 0 Å². The number of amides is 1. The zero-order valence-electron chi connectivity index (χ0n) is 15.7. The number of hydrogen-bond donors (Lipinski definition) is 2. The van der Waals surface area contributed by atoms with Gasteiger partial charge >= 0.3 is 0 Å². The smallest absolute Gasteiger partial charge is 0.251 e. The largest absolute Gasteiger partial charge is 0.358 e. The van der Waals surface area contributed by atoms with Crippen molar-refractivity contribution in [3.05, 3.63) is 70.9 Å². The van der Waals surface area contributed by atoms with Crippen molar-refractivity contribution in [1.29, 1.82) is 0 Å². The predicted molar refractivity (Wildman–Crippen MR) is 107 cm³/mol. The maximum atomic E-state index is 12.6. The van der Waals surface area contributed by atoms with E-state index in [1.165, 1.54) is 27.7 Å². The highest BCUT2D eigenvalue weighted by Crippen LogP contribution is 2.29. The number of aryl methyl sites for hydroxylation is 1. The highest BCUT2D eigenvalue weighted by molar-refractivity contribution is 5.94. The second-order valence-electron chi connectivity index (χ2n) is 8.37. The summed E-state index contributed by atoms with van der Waals surface area (Å²) in [6.07, 6.45) is 2.86. The van der Waals surface area contributed by atoms with Crippen LogP contribution >= 0.6 is 0 Å². The third-order valence-corrected chi connectivity index (χ3v) is 5.44. The zero-order chi connectivity index (χ0) is 18.3. The van der Waals surface area contributed by atoms with E-state index in [4.69, 9.17) is 0 Å². The quantitative estimate of drug-likeness (QED) is 0.691. The number of H-pyrrole nitrogens is 1. The number of carbonyl (C=O) groups excluding carboxylic acids is 1. The summed E-state index contributed by atoms with van der Waals surface area (Å²) in [5.74, 6) is 0.0232. The van der Waals surface area contributed by atoms with Crippen LogP contribution in [0.4, 0.5) is 0 Å². The molecule has 1 atom stereocenters. The van der Waals surface area contributed by atoms with Crippen LogP contribution < -0.4 is 5.32 Å². The fraction of sp³-hybridized carbons (Fsp3) is 0.348. The van der Waals surface area contributed by atoms with Gasteiger partial charge < -0.3 is 10.3 Å². The summed E-state index contributed by atoms with van der Waals surface area (Å²) in [6.45, 7) is 6.55. The fourth-order valence-corrected chi connectivity index (χ4v) is 3.90. The first-order chi connectivity index (χ1) is 12.4. The van der Waals surface area contributed by atoms with E-state index in [1.807, 2.05) is 12.1 Å². The maximum absolute atomic E-state index is 12.6. The summed E-state index contributed by atoms with van der Waals surface area (Å²) in [5.41, 5.74) is 5.97. The van der Waals surface area contributed by atoms with Gasteiger partial charge in [-0.1, -0.05) is 51.1 Å². The summed E-state index contributed by atoms with van der Waals surface area (Å²) in [5, 5.41) is 4.54. The molecule has 0 saturated carbocycles. The lowest BCUT2D eigenvalue weighted by molar-refractivity contribution is 0.0933. The zero-order valence-corrected chi connectivity index (χ0v) is 15.7. The molecule has 1 aromatic heterocycles. The van der Waals surface area contributed by atoms with Crippen LogP contribution in [0.2, 0.25) is 0 Å². The average molecular weight is 346 g/mol. The number of nitrogens with one attached hydrogen (secondary N) is 2. The molecule has 2 N–H and O–H groups in total. The van der Waals surface area contributed by atoms with Gasteiger partial charge in [-0.3, -0.25) is 4.79 Å². The van der Waals surface area contributed by atoms with Crippen molar-refractivity contribution >= 4 is 16.8 Å². The van der Waals surface area contributed by atoms with E-state index in [-0.39, 0.29) is 17.4 Å². The normalized spacial score (nSPS) is 17.1. The molecule has 26 heavy (non-hydrogen) atoms. The highest BCUT2D eigenvalue weighted by atomic mass is 16.1. The molecule has 1 aliphatic carbocycles. The summed E-state index contributed by atoms with van der Waals surface area (Å²) < 4.78 is 0. The van der Waals surface area contributed by atoms with Crippen LogP contribution in [-0.2, 0) is 18.3 Å². The van der Waals surface area contributed by atoms with Crippen LogP contribution in [0.1, 0.15) is 54.4 Å². The van der Waals surface area contributed by atoms with E-state index in [0.717, 1.165) is 24.8 Å². The van der Waals surface area contributed by atoms with E-state index in [1.54, 1.807) is 0 Å². The van der Waals surface area contributed by atoms with E-state index < -0.39 is 0 Å². The number of para-hydroxylation sites is 1. The van der Waals surface area contributed by atoms with Crippen LogP contribution in [0, 0.1) is 0 Å². The van der Waals surface area contributed by atoms with Crippen LogP contribution in [0.5, 0.6) is 0 Å². The Labute approximate surface area is 154 Å². The molecule has 0 fully saturated rings. The SMILES string of the molecule is CC(C)(C)c1ccc(C(=O)NC2CCc3c([nH]c4ccccc34)C2)cc1. The Kier molecular flexibility index (Phi) is 4.10. The molecule has 2 aromatic carbocycles. The Morgan fingerprint density at radius 2 is 1.81 bits per heavy atom. The van der Waals surface area contributed by atoms with E-state index in [9.17, 15) is 4.79 Å². The molecule has 1 unspecified atom stereocenters. The Bertz CT molecular complexity index is 944. The number of hydrogen-bond acceptors (Lipinski definition) is 1. The molecule has 0 bridgehead atoms. The van der Waals surface area contributed by atoms with Gasteiger partial charge in [-0.2, -0.15) is 0 Å². The number of carbonyl (C=O) groups is 1. The molecule has 1 aliphatic rings. The number of aromatic nitrogens is 1. The third kappa shape index (κ3) is 3.14. The topological polar surface area (TPSA) is 44.9 Å². The number of rotatable bonds is 2. The van der Waals surface area contributed by atoms with Crippen molar-refractivity contribution in [3.63, 3.8) is 0 Å². The Morgan fingerprint density at radius 1 is 1.08 bits per heavy atom. The van der Waals surface area contributed by atoms with Gasteiger partial charge in [-0.15, -0.1) is 0 Å². The molecule has 1 heterocycles. The fourth-order valence-electron chi connectivity index (χ4n) is 3.90. The first-order valence-electron chi connectivity index (χ1n) is 9.42. The summed E-state index contributed by atoms with van der Waals surface area (Å²) in [7, 11) is 0. The van der Waals surface area contributed by atoms with Gasteiger partial charge in [-0.25, -0.2) is 0 Å². The van der Waals surface area contributed by atoms with Gasteiger partial charge in [0.2, 0.25) is 0 Å². The van der Waals surface area contributed by atoms with Crippen molar-refractivity contribution in [2.24, 2.45) is 0 Å². The minimum Gasteiger partial charge on any atom is -0.358 e. The molecule has 3 heteroatoms. The van der Waals surface area contributed by atoms with Gasteiger partial charge in [0.25, 0.3) is 5.91 Å². The van der Waals surface area contributed by atoms with Gasteiger partial charge in [0, 0.05) is 34.6 Å². The second kappa shape index (κ2) is 6.31. The molecule has 3 aromatic rings. The molecular formula is C23H26N2O. The minimum absolute atomic E-state index is 0.0232. The number of aromatic amines is 1. The molecule has 134 valence electrons. The molecule has 0 saturated heterocycles. The van der Waals surface area contributed by atoms with E-state index in [0.29, 0.717) is 0 Å². The molecule has 1 amide bonds. The average Bonchev–Trinajstić information content (AvgIpc) is 2.98. The van der Waals surface area contributed by atoms with E-state index in [2.05, 4.69) is 67.5 Å². The molecule has 0 aliphatic heterocycles. The van der Waals surface area contributed by atoms with Crippen molar-refractivity contribution in [2.45, 2.75) is 51.5 Å². The van der Waals surface area contributed by atoms with Crippen LogP contribution in [0.3, 0.4) is 0 Å².